The van der Waals surface area contributed by atoms with Crippen LogP contribution in [-0.4, -0.2) is 59.9 Å². The average Bonchev–Trinajstić information content (AvgIpc) is 2.78. The predicted octanol–water partition coefficient (Wildman–Crippen LogP) is 4.42. The van der Waals surface area contributed by atoms with E-state index in [4.69, 9.17) is 9.47 Å². The smallest absolute Gasteiger partial charge is 0.306 e. The summed E-state index contributed by atoms with van der Waals surface area (Å²) in [6.45, 7) is 13.8. The number of esters is 1. The molecule has 1 aromatic carbocycles. The van der Waals surface area contributed by atoms with Gasteiger partial charge in [-0.2, -0.15) is 0 Å². The molecule has 0 spiro atoms. The Morgan fingerprint density at radius 3 is 2.39 bits per heavy atom. The van der Waals surface area contributed by atoms with Gasteiger partial charge in [-0.3, -0.25) is 23.9 Å². The van der Waals surface area contributed by atoms with Gasteiger partial charge in [0.05, 0.1) is 19.6 Å². The maximum atomic E-state index is 12.4. The Kier molecular flexibility index (Phi) is 14.2. The average molecular weight is 541 g/mol. The molecule has 0 radical (unpaired) electrons. The number of carbonyl (C=O) groups excluding carboxylic acids is 4. The third kappa shape index (κ3) is 14.5. The highest BCUT2D eigenvalue weighted by molar-refractivity contribution is 8.01. The molecule has 1 aromatic rings. The lowest BCUT2D eigenvalue weighted by Crippen LogP contribution is -2.36. The summed E-state index contributed by atoms with van der Waals surface area (Å²) in [6, 6.07) is 6.89. The molecule has 0 saturated carbocycles. The fraction of sp³-hybridized carbons (Fsp3) is 0.615. The highest BCUT2D eigenvalue weighted by Gasteiger charge is 2.29. The molecular weight excluding hydrogens is 500 g/mol. The second kappa shape index (κ2) is 15.9. The van der Waals surface area contributed by atoms with E-state index in [1.54, 1.807) is 24.3 Å². The maximum Gasteiger partial charge on any atom is 0.306 e. The van der Waals surface area contributed by atoms with Gasteiger partial charge in [-0.1, -0.05) is 59.7 Å². The molecule has 36 heavy (non-hydrogen) atoms. The van der Waals surface area contributed by atoms with Gasteiger partial charge in [0.25, 0.3) is 0 Å². The molecule has 8 nitrogen and oxygen atoms in total. The number of amides is 2. The molecule has 0 aliphatic carbocycles. The fourth-order valence-corrected chi connectivity index (χ4v) is 6.26. The number of aldehydes is 1. The normalized spacial score (nSPS) is 12.5. The summed E-state index contributed by atoms with van der Waals surface area (Å²) in [6.07, 6.45) is 1.42. The largest absolute Gasteiger partial charge is 0.463 e. The Morgan fingerprint density at radius 2 is 1.72 bits per heavy atom. The number of ether oxygens (including phenoxy) is 2. The minimum atomic E-state index is -0.495. The van der Waals surface area contributed by atoms with Crippen molar-refractivity contribution in [2.24, 2.45) is 5.92 Å². The highest BCUT2D eigenvalue weighted by atomic mass is 32.2. The lowest BCUT2D eigenvalue weighted by molar-refractivity contribution is -0.146. The zero-order chi connectivity index (χ0) is 27.2. The Balaban J connectivity index is 2.11. The highest BCUT2D eigenvalue weighted by Crippen LogP contribution is 2.40. The van der Waals surface area contributed by atoms with Gasteiger partial charge >= 0.3 is 5.97 Å². The summed E-state index contributed by atoms with van der Waals surface area (Å²) in [5.41, 5.74) is 0.482. The second-order valence-corrected chi connectivity index (χ2v) is 13.4. The van der Waals surface area contributed by atoms with E-state index in [-0.39, 0.29) is 53.3 Å². The van der Waals surface area contributed by atoms with Crippen molar-refractivity contribution in [3.8, 4) is 0 Å². The van der Waals surface area contributed by atoms with E-state index >= 15 is 0 Å². The number of thioether (sulfide) groups is 1. The van der Waals surface area contributed by atoms with Crippen LogP contribution in [0, 0.1) is 5.92 Å². The first-order valence-electron chi connectivity index (χ1n) is 12.0. The summed E-state index contributed by atoms with van der Waals surface area (Å²) >= 11 is 2.91. The van der Waals surface area contributed by atoms with E-state index in [1.165, 1.54) is 0 Å². The van der Waals surface area contributed by atoms with Crippen LogP contribution in [0.2, 0.25) is 0 Å². The fourth-order valence-electron chi connectivity index (χ4n) is 3.56. The van der Waals surface area contributed by atoms with E-state index in [9.17, 15) is 19.2 Å². The van der Waals surface area contributed by atoms with Crippen LogP contribution < -0.4 is 10.0 Å². The summed E-state index contributed by atoms with van der Waals surface area (Å²) in [4.78, 5) is 47.7. The topological polar surface area (TPSA) is 111 Å². The van der Waals surface area contributed by atoms with Gasteiger partial charge in [-0.15, -0.1) is 11.8 Å². The van der Waals surface area contributed by atoms with Gasteiger partial charge in [0, 0.05) is 38.8 Å². The van der Waals surface area contributed by atoms with E-state index in [1.807, 2.05) is 18.7 Å². The second-order valence-electron chi connectivity index (χ2n) is 9.99. The molecule has 0 saturated heterocycles. The molecule has 1 rings (SSSR count). The van der Waals surface area contributed by atoms with Crippen molar-refractivity contribution in [3.05, 3.63) is 29.8 Å². The van der Waals surface area contributed by atoms with Gasteiger partial charge in [-0.05, 0) is 24.4 Å². The minimum absolute atomic E-state index is 0.00120. The third-order valence-electron chi connectivity index (χ3n) is 4.74. The van der Waals surface area contributed by atoms with Crippen LogP contribution in [0.3, 0.4) is 0 Å². The molecule has 0 fully saturated rings. The minimum Gasteiger partial charge on any atom is -0.463 e. The monoisotopic (exact) mass is 540 g/mol. The first-order valence-corrected chi connectivity index (χ1v) is 13.7. The van der Waals surface area contributed by atoms with Gasteiger partial charge in [0.2, 0.25) is 11.8 Å². The van der Waals surface area contributed by atoms with E-state index in [0.717, 1.165) is 24.7 Å². The van der Waals surface area contributed by atoms with Crippen LogP contribution in [0.1, 0.15) is 71.2 Å². The van der Waals surface area contributed by atoms with Crippen molar-refractivity contribution in [1.29, 1.82) is 0 Å². The third-order valence-corrected chi connectivity index (χ3v) is 6.99. The Bertz CT molecular complexity index is 870. The van der Waals surface area contributed by atoms with Crippen LogP contribution in [0.25, 0.3) is 0 Å². The van der Waals surface area contributed by atoms with Crippen molar-refractivity contribution < 1.29 is 28.7 Å². The molecule has 1 unspecified atom stereocenters. The van der Waals surface area contributed by atoms with Gasteiger partial charge in [-0.25, -0.2) is 0 Å². The quantitative estimate of drug-likeness (QED) is 0.137. The van der Waals surface area contributed by atoms with Crippen LogP contribution >= 0.6 is 23.7 Å². The molecular formula is C26H40N2O6S2. The SMILES string of the molecule is CC(CC(C)(C)SC(C)(C)C)C(=O)NCCOCCOC(=O)CCC(=O)NSc1ccccc1C=O. The molecule has 2 amide bonds. The first kappa shape index (κ1) is 32.0. The maximum absolute atomic E-state index is 12.4. The molecule has 10 heteroatoms. The van der Waals surface area contributed by atoms with Crippen molar-refractivity contribution in [3.63, 3.8) is 0 Å². The van der Waals surface area contributed by atoms with Gasteiger partial charge < -0.3 is 14.8 Å². The summed E-state index contributed by atoms with van der Waals surface area (Å²) < 4.78 is 13.2. The first-order chi connectivity index (χ1) is 16.8. The molecule has 0 aliphatic heterocycles. The van der Waals surface area contributed by atoms with Crippen molar-refractivity contribution in [1.82, 2.24) is 10.0 Å². The van der Waals surface area contributed by atoms with Crippen LogP contribution in [0.5, 0.6) is 0 Å². The molecule has 1 atom stereocenters. The van der Waals surface area contributed by atoms with Crippen LogP contribution in [-0.2, 0) is 23.9 Å². The van der Waals surface area contributed by atoms with Crippen molar-refractivity contribution in [2.75, 3.05) is 26.4 Å². The van der Waals surface area contributed by atoms with Crippen molar-refractivity contribution >= 4 is 47.8 Å². The van der Waals surface area contributed by atoms with Crippen LogP contribution in [0.4, 0.5) is 0 Å². The van der Waals surface area contributed by atoms with Crippen LogP contribution in [0.15, 0.2) is 29.2 Å². The summed E-state index contributed by atoms with van der Waals surface area (Å²) in [5.74, 6) is -0.936. The Hall–Kier alpha value is -2.04. The Labute approximate surface area is 223 Å². The zero-order valence-electron chi connectivity index (χ0n) is 22.2. The van der Waals surface area contributed by atoms with Gasteiger partial charge in [0.1, 0.15) is 6.61 Å². The number of rotatable bonds is 16. The number of nitrogens with one attached hydrogen (secondary N) is 2. The number of hydrogen-bond donors (Lipinski definition) is 2. The standard InChI is InChI=1S/C26H40N2O6S2/c1-19(17-26(5,6)36-25(2,3)4)24(32)27-13-14-33-15-16-34-23(31)12-11-22(30)28-35-21-10-8-7-9-20(21)18-29/h7-10,18-19H,11-17H2,1-6H3,(H,27,32)(H,28,30). The van der Waals surface area contributed by atoms with Gasteiger partial charge in [0.15, 0.2) is 6.29 Å². The van der Waals surface area contributed by atoms with Crippen molar-refractivity contribution in [2.45, 2.75) is 75.2 Å². The lowest BCUT2D eigenvalue weighted by atomic mass is 9.97. The molecule has 2 N–H and O–H groups in total. The molecule has 0 aliphatic rings. The zero-order valence-corrected chi connectivity index (χ0v) is 23.8. The predicted molar refractivity (Wildman–Crippen MR) is 145 cm³/mol. The van der Waals surface area contributed by atoms with E-state index in [2.05, 4.69) is 44.7 Å². The summed E-state index contributed by atoms with van der Waals surface area (Å²) in [5, 5.41) is 2.88. The van der Waals surface area contributed by atoms with E-state index < -0.39 is 5.97 Å². The molecule has 202 valence electrons. The molecule has 0 heterocycles. The lowest BCUT2D eigenvalue weighted by Gasteiger charge is -2.33. The van der Waals surface area contributed by atoms with E-state index in [0.29, 0.717) is 23.6 Å². The Morgan fingerprint density at radius 1 is 1.03 bits per heavy atom. The number of hydrogen-bond acceptors (Lipinski definition) is 8. The number of benzene rings is 1. The molecule has 0 bridgehead atoms. The number of carbonyl (C=O) groups is 4. The molecule has 0 aromatic heterocycles. The summed E-state index contributed by atoms with van der Waals surface area (Å²) in [7, 11) is 0.